The molecule has 8 rings (SSSR count). The Morgan fingerprint density at radius 2 is 1.60 bits per heavy atom. The fourth-order valence-corrected chi connectivity index (χ4v) is 7.53. The van der Waals surface area contributed by atoms with Crippen LogP contribution in [0.25, 0.3) is 5.57 Å². The fraction of sp³-hybridized carbons (Fsp3) is 0.171. The molecule has 1 spiro atoms. The molecule has 4 heterocycles. The van der Waals surface area contributed by atoms with Crippen molar-refractivity contribution in [1.29, 1.82) is 0 Å². The lowest BCUT2D eigenvalue weighted by atomic mass is 9.64. The van der Waals surface area contributed by atoms with Gasteiger partial charge in [-0.2, -0.15) is 0 Å². The highest BCUT2D eigenvalue weighted by Crippen LogP contribution is 2.59. The highest BCUT2D eigenvalue weighted by atomic mass is 35.5. The number of para-hydroxylation sites is 2. The van der Waals surface area contributed by atoms with Crippen molar-refractivity contribution < 1.29 is 23.9 Å². The molecule has 4 aliphatic rings. The summed E-state index contributed by atoms with van der Waals surface area (Å²) in [7, 11) is 0. The monoisotopic (exact) mass is 588 g/mol. The molecule has 0 radical (unpaired) electrons. The summed E-state index contributed by atoms with van der Waals surface area (Å²) in [5.74, 6) is -0.987. The van der Waals surface area contributed by atoms with E-state index in [0.29, 0.717) is 38.9 Å². The number of halogens is 1. The first-order chi connectivity index (χ1) is 20.9. The summed E-state index contributed by atoms with van der Waals surface area (Å²) in [6.07, 6.45) is 2.04. The van der Waals surface area contributed by atoms with Crippen molar-refractivity contribution in [3.8, 4) is 11.5 Å². The van der Waals surface area contributed by atoms with Crippen molar-refractivity contribution in [2.75, 3.05) is 17.0 Å². The minimum Gasteiger partial charge on any atom is -0.454 e. The third kappa shape index (κ3) is 3.52. The number of rotatable bonds is 4. The summed E-state index contributed by atoms with van der Waals surface area (Å²) in [6.45, 7) is 2.07. The van der Waals surface area contributed by atoms with Crippen LogP contribution in [0.1, 0.15) is 38.8 Å². The molecule has 1 saturated heterocycles. The van der Waals surface area contributed by atoms with Gasteiger partial charge in [-0.1, -0.05) is 54.1 Å². The van der Waals surface area contributed by atoms with Gasteiger partial charge in [0.2, 0.25) is 12.7 Å². The summed E-state index contributed by atoms with van der Waals surface area (Å²) in [5, 5.41) is 3.56. The molecule has 4 aliphatic heterocycles. The van der Waals surface area contributed by atoms with Gasteiger partial charge in [0.25, 0.3) is 0 Å². The Morgan fingerprint density at radius 3 is 2.44 bits per heavy atom. The van der Waals surface area contributed by atoms with Crippen molar-refractivity contribution >= 4 is 46.0 Å². The number of allylic oxidation sites excluding steroid dienone is 1. The molecule has 8 heteroatoms. The lowest BCUT2D eigenvalue weighted by molar-refractivity contribution is -0.121. The molecule has 4 atom stereocenters. The molecule has 0 saturated carbocycles. The highest BCUT2D eigenvalue weighted by Gasteiger charge is 2.70. The van der Waals surface area contributed by atoms with Crippen LogP contribution in [0.15, 0.2) is 97.1 Å². The Bertz CT molecular complexity index is 1900. The van der Waals surface area contributed by atoms with E-state index in [1.807, 2.05) is 66.4 Å². The van der Waals surface area contributed by atoms with E-state index in [1.165, 1.54) is 0 Å². The number of carbonyl (C=O) groups excluding carboxylic acids is 3. The van der Waals surface area contributed by atoms with Crippen LogP contribution >= 0.6 is 11.6 Å². The van der Waals surface area contributed by atoms with E-state index in [9.17, 15) is 9.59 Å². The number of hydrogen-bond acceptors (Lipinski definition) is 6. The van der Waals surface area contributed by atoms with E-state index in [4.69, 9.17) is 21.1 Å². The van der Waals surface area contributed by atoms with Crippen LogP contribution in [-0.2, 0) is 10.2 Å². The molecule has 0 bridgehead atoms. The second-order valence-corrected chi connectivity index (χ2v) is 11.8. The predicted octanol–water partition coefficient (Wildman–Crippen LogP) is 6.31. The molecule has 43 heavy (non-hydrogen) atoms. The summed E-state index contributed by atoms with van der Waals surface area (Å²) in [4.78, 5) is 46.3. The van der Waals surface area contributed by atoms with Crippen molar-refractivity contribution in [2.24, 2.45) is 5.92 Å². The SMILES string of the molecule is CC1=C[C@H]2N(c3ccccc31)[C@@H](C(=O)c1ccc(Cl)cc1)[C@@H](C(=O)c1ccc3c(c1)OCO3)[C@]21C(=O)Nc2ccccc21. The van der Waals surface area contributed by atoms with Gasteiger partial charge in [-0.05, 0) is 72.7 Å². The molecular formula is C35H25ClN2O5. The number of amides is 1. The van der Waals surface area contributed by atoms with Gasteiger partial charge >= 0.3 is 0 Å². The van der Waals surface area contributed by atoms with Crippen LogP contribution in [-0.4, -0.2) is 36.4 Å². The Hall–Kier alpha value is -4.88. The first-order valence-electron chi connectivity index (χ1n) is 14.1. The molecule has 1 fully saturated rings. The number of anilines is 2. The average Bonchev–Trinajstić information content (AvgIpc) is 3.70. The Kier molecular flexibility index (Phi) is 5.59. The van der Waals surface area contributed by atoms with Crippen LogP contribution < -0.4 is 19.7 Å². The quantitative estimate of drug-likeness (QED) is 0.281. The number of hydrogen-bond donors (Lipinski definition) is 1. The molecule has 0 unspecified atom stereocenters. The van der Waals surface area contributed by atoms with Crippen LogP contribution in [0.4, 0.5) is 11.4 Å². The zero-order chi connectivity index (χ0) is 29.5. The van der Waals surface area contributed by atoms with Gasteiger partial charge in [-0.3, -0.25) is 14.4 Å². The number of nitrogens with one attached hydrogen (secondary N) is 1. The normalized spacial score (nSPS) is 24.2. The van der Waals surface area contributed by atoms with E-state index in [-0.39, 0.29) is 24.3 Å². The number of nitrogens with zero attached hydrogens (tertiary/aromatic N) is 1. The van der Waals surface area contributed by atoms with Gasteiger partial charge in [-0.25, -0.2) is 0 Å². The van der Waals surface area contributed by atoms with E-state index in [2.05, 4.69) is 5.32 Å². The molecule has 4 aromatic carbocycles. The molecule has 212 valence electrons. The third-order valence-electron chi connectivity index (χ3n) is 9.22. The van der Waals surface area contributed by atoms with E-state index in [0.717, 1.165) is 16.8 Å². The minimum atomic E-state index is -1.40. The average molecular weight is 589 g/mol. The summed E-state index contributed by atoms with van der Waals surface area (Å²) in [5.41, 5.74) is 3.42. The standard InChI is InChI=1S/C35H25ClN2O5/c1-19-16-29-35(24-7-3-4-8-25(24)37-34(35)41)30(32(39)21-12-15-27-28(17-21)43-18-42-27)31(33(40)20-10-13-22(36)14-11-20)38(29)26-9-5-2-6-23(19)26/h2-17,29-31H,18H2,1H3,(H,37,41)/t29-,30+,31-,35-/m1/s1. The lowest BCUT2D eigenvalue weighted by Gasteiger charge is -2.39. The number of Topliss-reactive ketones (excluding diaryl/α,β-unsaturated/α-hetero) is 2. The zero-order valence-electron chi connectivity index (χ0n) is 23.0. The topological polar surface area (TPSA) is 84.9 Å². The second-order valence-electron chi connectivity index (χ2n) is 11.3. The second kappa shape index (κ2) is 9.31. The van der Waals surface area contributed by atoms with E-state index >= 15 is 4.79 Å². The molecule has 1 N–H and O–H groups in total. The van der Waals surface area contributed by atoms with Gasteiger partial charge in [-0.15, -0.1) is 0 Å². The van der Waals surface area contributed by atoms with Crippen molar-refractivity contribution in [2.45, 2.75) is 24.4 Å². The zero-order valence-corrected chi connectivity index (χ0v) is 23.8. The van der Waals surface area contributed by atoms with Crippen molar-refractivity contribution in [3.05, 3.63) is 124 Å². The summed E-state index contributed by atoms with van der Waals surface area (Å²) >= 11 is 6.19. The van der Waals surface area contributed by atoms with Crippen LogP contribution in [0.5, 0.6) is 11.5 Å². The molecule has 7 nitrogen and oxygen atoms in total. The van der Waals surface area contributed by atoms with Crippen molar-refractivity contribution in [1.82, 2.24) is 0 Å². The van der Waals surface area contributed by atoms with E-state index < -0.39 is 23.4 Å². The summed E-state index contributed by atoms with van der Waals surface area (Å²) in [6, 6.07) is 25.4. The summed E-state index contributed by atoms with van der Waals surface area (Å²) < 4.78 is 11.1. The minimum absolute atomic E-state index is 0.0600. The first-order valence-corrected chi connectivity index (χ1v) is 14.5. The van der Waals surface area contributed by atoms with Crippen LogP contribution in [0.3, 0.4) is 0 Å². The first kappa shape index (κ1) is 25.8. The largest absolute Gasteiger partial charge is 0.454 e. The number of ketones is 2. The number of carbonyl (C=O) groups is 3. The smallest absolute Gasteiger partial charge is 0.238 e. The molecular weight excluding hydrogens is 564 g/mol. The predicted molar refractivity (Wildman–Crippen MR) is 163 cm³/mol. The van der Waals surface area contributed by atoms with Crippen LogP contribution in [0.2, 0.25) is 5.02 Å². The van der Waals surface area contributed by atoms with Gasteiger partial charge in [0.05, 0.1) is 12.0 Å². The van der Waals surface area contributed by atoms with Gasteiger partial charge < -0.3 is 19.7 Å². The lowest BCUT2D eigenvalue weighted by Crippen LogP contribution is -2.51. The van der Waals surface area contributed by atoms with Crippen LogP contribution in [0, 0.1) is 5.92 Å². The molecule has 1 amide bonds. The van der Waals surface area contributed by atoms with Crippen molar-refractivity contribution in [3.63, 3.8) is 0 Å². The van der Waals surface area contributed by atoms with Gasteiger partial charge in [0.1, 0.15) is 11.5 Å². The van der Waals surface area contributed by atoms with E-state index in [1.54, 1.807) is 42.5 Å². The number of benzene rings is 4. The maximum atomic E-state index is 15.0. The molecule has 0 aromatic heterocycles. The highest BCUT2D eigenvalue weighted by molar-refractivity contribution is 6.30. The third-order valence-corrected chi connectivity index (χ3v) is 9.47. The Balaban J connectivity index is 1.42. The van der Waals surface area contributed by atoms with Gasteiger partial charge in [0, 0.05) is 33.1 Å². The maximum absolute atomic E-state index is 15.0. The number of ether oxygens (including phenoxy) is 2. The Labute approximate surface area is 252 Å². The maximum Gasteiger partial charge on any atom is 0.238 e. The fourth-order valence-electron chi connectivity index (χ4n) is 7.40. The number of fused-ring (bicyclic) bond motifs is 7. The van der Waals surface area contributed by atoms with Gasteiger partial charge in [0.15, 0.2) is 23.1 Å². The molecule has 0 aliphatic carbocycles. The molecule has 4 aromatic rings. The Morgan fingerprint density at radius 1 is 0.884 bits per heavy atom.